The lowest BCUT2D eigenvalue weighted by Crippen LogP contribution is -2.50. The van der Waals surface area contributed by atoms with Crippen molar-refractivity contribution in [1.82, 2.24) is 0 Å². The van der Waals surface area contributed by atoms with Crippen LogP contribution in [-0.4, -0.2) is 16.5 Å². The number of allylic oxidation sites excluding steroid dienone is 2. The topological polar surface area (TPSA) is 26.3 Å². The Morgan fingerprint density at radius 2 is 1.74 bits per heavy atom. The van der Waals surface area contributed by atoms with Gasteiger partial charge in [0.15, 0.2) is 6.10 Å². The molecule has 1 aromatic carbocycles. The molecule has 2 nitrogen and oxygen atoms in total. The van der Waals surface area contributed by atoms with Crippen molar-refractivity contribution in [2.24, 2.45) is 46.3 Å². The molecular weight excluding hydrogens is 496 g/mol. The van der Waals surface area contributed by atoms with Gasteiger partial charge in [-0.1, -0.05) is 95.5 Å². The van der Waals surface area contributed by atoms with E-state index in [1.165, 1.54) is 57.8 Å². The number of hydrogen-bond acceptors (Lipinski definition) is 3. The molecule has 3 fully saturated rings. The molecule has 0 aliphatic heterocycles. The minimum Gasteiger partial charge on any atom is -0.482 e. The third-order valence-corrected chi connectivity index (χ3v) is 13.2. The smallest absolute Gasteiger partial charge is 0.229 e. The van der Waals surface area contributed by atoms with Gasteiger partial charge >= 0.3 is 0 Å². The number of ether oxygens (including phenoxy) is 1. The Balaban J connectivity index is 1.21. The molecule has 216 valence electrons. The van der Waals surface area contributed by atoms with E-state index in [4.69, 9.17) is 4.74 Å². The van der Waals surface area contributed by atoms with Crippen molar-refractivity contribution < 1.29 is 9.53 Å². The summed E-state index contributed by atoms with van der Waals surface area (Å²) < 4.78 is 5.94. The van der Waals surface area contributed by atoms with Crippen LogP contribution in [0.3, 0.4) is 0 Å². The maximum absolute atomic E-state index is 13.0. The molecule has 0 spiro atoms. The highest BCUT2D eigenvalue weighted by atomic mass is 32.2. The van der Waals surface area contributed by atoms with Crippen LogP contribution >= 0.6 is 11.8 Å². The summed E-state index contributed by atoms with van der Waals surface area (Å²) in [5, 5.41) is 0.571. The van der Waals surface area contributed by atoms with Gasteiger partial charge in [-0.25, -0.2) is 0 Å². The number of thioether (sulfide) groups is 1. The quantitative estimate of drug-likeness (QED) is 0.286. The van der Waals surface area contributed by atoms with Crippen molar-refractivity contribution in [2.75, 3.05) is 0 Å². The second kappa shape index (κ2) is 11.9. The summed E-state index contributed by atoms with van der Waals surface area (Å²) in [5.74, 6) is 6.03. The van der Waals surface area contributed by atoms with Crippen LogP contribution in [-0.2, 0) is 4.79 Å². The average Bonchev–Trinajstić information content (AvgIpc) is 3.26. The van der Waals surface area contributed by atoms with Gasteiger partial charge in [-0.3, -0.25) is 4.79 Å². The van der Waals surface area contributed by atoms with Gasteiger partial charge in [0.1, 0.15) is 5.75 Å². The van der Waals surface area contributed by atoms with Gasteiger partial charge < -0.3 is 4.74 Å². The van der Waals surface area contributed by atoms with Crippen LogP contribution < -0.4 is 4.74 Å². The third kappa shape index (κ3) is 5.91. The predicted octanol–water partition coefficient (Wildman–Crippen LogP) is 10.1. The second-order valence-electron chi connectivity index (χ2n) is 14.7. The van der Waals surface area contributed by atoms with Gasteiger partial charge in [0.25, 0.3) is 0 Å². The first-order chi connectivity index (χ1) is 18.6. The molecule has 0 unspecified atom stereocenters. The highest BCUT2D eigenvalue weighted by Gasteiger charge is 2.59. The van der Waals surface area contributed by atoms with E-state index in [-0.39, 0.29) is 5.12 Å². The number of fused-ring (bicyclic) bond motifs is 5. The Morgan fingerprint density at radius 1 is 0.974 bits per heavy atom. The molecule has 3 saturated carbocycles. The van der Waals surface area contributed by atoms with E-state index in [1.807, 2.05) is 37.3 Å². The fraction of sp³-hybridized carbons (Fsp3) is 0.750. The van der Waals surface area contributed by atoms with Gasteiger partial charge in [-0.2, -0.15) is 0 Å². The number of hydrogen-bond donors (Lipinski definition) is 0. The summed E-state index contributed by atoms with van der Waals surface area (Å²) in [6.45, 7) is 14.5. The number of carbonyl (C=O) groups is 1. The lowest BCUT2D eigenvalue weighted by atomic mass is 9.47. The minimum atomic E-state index is -0.408. The van der Waals surface area contributed by atoms with Crippen LogP contribution in [0.5, 0.6) is 5.75 Å². The fourth-order valence-corrected chi connectivity index (χ4v) is 10.8. The Hall–Kier alpha value is -1.22. The molecule has 9 atom stereocenters. The van der Waals surface area contributed by atoms with Crippen LogP contribution in [0.15, 0.2) is 42.0 Å². The SMILES string of the molecule is CC(C)CCC[C@H](C)[C@H]1CC[C@@H]2[C@@H]3CC=C4C[C@H](SC(=O)[C@@H](C)Oc5ccccc5)CC[C@]4(C)[C@@H]3CC[C@@]21C. The maximum Gasteiger partial charge on any atom is 0.229 e. The van der Waals surface area contributed by atoms with Gasteiger partial charge in [-0.05, 0) is 117 Å². The molecule has 5 rings (SSSR count). The van der Waals surface area contributed by atoms with E-state index in [9.17, 15) is 4.79 Å². The molecule has 4 aliphatic carbocycles. The van der Waals surface area contributed by atoms with E-state index < -0.39 is 6.10 Å². The molecule has 1 aromatic rings. The molecule has 0 radical (unpaired) electrons. The van der Waals surface area contributed by atoms with E-state index >= 15 is 0 Å². The summed E-state index contributed by atoms with van der Waals surface area (Å²) in [4.78, 5) is 13.0. The molecule has 0 saturated heterocycles. The molecule has 3 heteroatoms. The molecule has 0 N–H and O–H groups in total. The van der Waals surface area contributed by atoms with Crippen molar-refractivity contribution in [3.05, 3.63) is 42.0 Å². The van der Waals surface area contributed by atoms with Crippen LogP contribution in [0.4, 0.5) is 0 Å². The zero-order chi connectivity index (χ0) is 27.8. The van der Waals surface area contributed by atoms with Crippen LogP contribution in [0.2, 0.25) is 0 Å². The minimum absolute atomic E-state index is 0.176. The van der Waals surface area contributed by atoms with Crippen LogP contribution in [0.1, 0.15) is 112 Å². The first-order valence-electron chi connectivity index (χ1n) is 16.2. The zero-order valence-electron chi connectivity index (χ0n) is 25.6. The first-order valence-corrected chi connectivity index (χ1v) is 17.1. The zero-order valence-corrected chi connectivity index (χ0v) is 26.4. The van der Waals surface area contributed by atoms with E-state index in [0.717, 1.165) is 54.1 Å². The first kappa shape index (κ1) is 29.3. The number of para-hydroxylation sites is 1. The highest BCUT2D eigenvalue weighted by Crippen LogP contribution is 2.67. The van der Waals surface area contributed by atoms with Crippen molar-refractivity contribution >= 4 is 16.9 Å². The summed E-state index contributed by atoms with van der Waals surface area (Å²) >= 11 is 1.55. The molecule has 0 bridgehead atoms. The summed E-state index contributed by atoms with van der Waals surface area (Å²) in [7, 11) is 0. The number of benzene rings is 1. The summed E-state index contributed by atoms with van der Waals surface area (Å²) in [5.41, 5.74) is 2.57. The molecule has 0 amide bonds. The van der Waals surface area contributed by atoms with Crippen LogP contribution in [0.25, 0.3) is 0 Å². The largest absolute Gasteiger partial charge is 0.482 e. The lowest BCUT2D eigenvalue weighted by Gasteiger charge is -2.58. The number of carbonyl (C=O) groups excluding carboxylic acids is 1. The van der Waals surface area contributed by atoms with Crippen molar-refractivity contribution in [3.63, 3.8) is 0 Å². The standard InChI is InChI=1S/C36H54O2S/c1-24(2)11-10-12-25(3)31-17-18-32-30-16-15-27-23-29(19-21-35(27,5)33(30)20-22-36(31,32)6)39-34(37)26(4)38-28-13-8-7-9-14-28/h7-9,13-15,24-26,29-33H,10-12,16-23H2,1-6H3/t25-,26+,29+,30-,31+,32+,33+,35-,36+/m0/s1. The lowest BCUT2D eigenvalue weighted by molar-refractivity contribution is -0.116. The highest BCUT2D eigenvalue weighted by molar-refractivity contribution is 8.14. The molecular formula is C36H54O2S. The van der Waals surface area contributed by atoms with E-state index in [0.29, 0.717) is 16.1 Å². The second-order valence-corrected chi connectivity index (χ2v) is 16.0. The summed E-state index contributed by atoms with van der Waals surface area (Å²) in [6.07, 6.45) is 17.0. The Morgan fingerprint density at radius 3 is 2.49 bits per heavy atom. The monoisotopic (exact) mass is 550 g/mol. The Labute approximate surface area is 243 Å². The predicted molar refractivity (Wildman–Crippen MR) is 166 cm³/mol. The molecule has 0 heterocycles. The van der Waals surface area contributed by atoms with Gasteiger partial charge in [-0.15, -0.1) is 0 Å². The van der Waals surface area contributed by atoms with Gasteiger partial charge in [0.05, 0.1) is 0 Å². The Kier molecular flexibility index (Phi) is 8.97. The fourth-order valence-electron chi connectivity index (χ4n) is 9.76. The van der Waals surface area contributed by atoms with Gasteiger partial charge in [0, 0.05) is 5.25 Å². The maximum atomic E-state index is 13.0. The molecule has 39 heavy (non-hydrogen) atoms. The third-order valence-electron chi connectivity index (χ3n) is 11.9. The average molecular weight is 551 g/mol. The van der Waals surface area contributed by atoms with E-state index in [2.05, 4.69) is 40.7 Å². The summed E-state index contributed by atoms with van der Waals surface area (Å²) in [6, 6.07) is 9.75. The van der Waals surface area contributed by atoms with E-state index in [1.54, 1.807) is 17.3 Å². The molecule has 0 aromatic heterocycles. The van der Waals surface area contributed by atoms with Crippen molar-refractivity contribution in [3.8, 4) is 5.75 Å². The van der Waals surface area contributed by atoms with Gasteiger partial charge in [0.2, 0.25) is 5.12 Å². The Bertz CT molecular complexity index is 1020. The van der Waals surface area contributed by atoms with Crippen molar-refractivity contribution in [2.45, 2.75) is 124 Å². The normalized spacial score (nSPS) is 37.3. The molecule has 4 aliphatic rings. The van der Waals surface area contributed by atoms with Crippen LogP contribution in [0, 0.1) is 46.3 Å². The number of rotatable bonds is 9. The van der Waals surface area contributed by atoms with Crippen molar-refractivity contribution in [1.29, 1.82) is 0 Å².